The van der Waals surface area contributed by atoms with Gasteiger partial charge in [-0.2, -0.15) is 13.2 Å². The Balaban J connectivity index is 1.65. The van der Waals surface area contributed by atoms with Crippen molar-refractivity contribution in [2.45, 2.75) is 64.0 Å². The van der Waals surface area contributed by atoms with Gasteiger partial charge in [0.1, 0.15) is 5.65 Å². The van der Waals surface area contributed by atoms with Gasteiger partial charge in [0.25, 0.3) is 0 Å². The highest BCUT2D eigenvalue weighted by Crippen LogP contribution is 2.40. The Morgan fingerprint density at radius 2 is 1.81 bits per heavy atom. The van der Waals surface area contributed by atoms with Crippen LogP contribution < -0.4 is 0 Å². The van der Waals surface area contributed by atoms with Gasteiger partial charge in [-0.1, -0.05) is 12.2 Å². The predicted molar refractivity (Wildman–Crippen MR) is 108 cm³/mol. The van der Waals surface area contributed by atoms with E-state index in [0.29, 0.717) is 11.6 Å². The zero-order valence-electron chi connectivity index (χ0n) is 17.5. The third-order valence-electron chi connectivity index (χ3n) is 6.44. The van der Waals surface area contributed by atoms with Crippen molar-refractivity contribution in [3.63, 3.8) is 0 Å². The van der Waals surface area contributed by atoms with Crippen molar-refractivity contribution in [1.82, 2.24) is 9.38 Å². The van der Waals surface area contributed by atoms with E-state index in [4.69, 9.17) is 4.74 Å². The minimum absolute atomic E-state index is 0.0789. The van der Waals surface area contributed by atoms with E-state index in [9.17, 15) is 22.0 Å². The molecule has 1 aliphatic carbocycles. The Hall–Kier alpha value is -1.96. The van der Waals surface area contributed by atoms with Gasteiger partial charge in [-0.05, 0) is 68.6 Å². The van der Waals surface area contributed by atoms with Crippen LogP contribution in [-0.2, 0) is 17.3 Å². The lowest BCUT2D eigenvalue weighted by Gasteiger charge is -2.28. The first-order valence-corrected chi connectivity index (χ1v) is 10.9. The maximum Gasteiger partial charge on any atom is 0.435 e. The number of rotatable bonds is 4. The molecule has 2 aromatic heterocycles. The molecular weight excluding hydrogens is 415 g/mol. The first kappa shape index (κ1) is 22.2. The number of imidazole rings is 1. The van der Waals surface area contributed by atoms with E-state index in [1.54, 1.807) is 17.4 Å². The number of halogens is 5. The SMILES string of the molecule is Cc1cc(C=CC2CCOCC2)cc2nc(C(F)(F)F)c(CC3CCC(F)(F)CC3)n12. The maximum absolute atomic E-state index is 13.8. The fourth-order valence-electron chi connectivity index (χ4n) is 4.70. The van der Waals surface area contributed by atoms with E-state index in [2.05, 4.69) is 11.1 Å². The van der Waals surface area contributed by atoms with E-state index < -0.39 is 17.8 Å². The molecule has 0 amide bonds. The highest BCUT2D eigenvalue weighted by Gasteiger charge is 2.40. The highest BCUT2D eigenvalue weighted by molar-refractivity contribution is 5.59. The van der Waals surface area contributed by atoms with E-state index >= 15 is 0 Å². The molecule has 2 fully saturated rings. The Kier molecular flexibility index (Phi) is 6.12. The van der Waals surface area contributed by atoms with Crippen LogP contribution >= 0.6 is 0 Å². The van der Waals surface area contributed by atoms with Crippen LogP contribution in [0, 0.1) is 18.8 Å². The van der Waals surface area contributed by atoms with Crippen molar-refractivity contribution in [3.05, 3.63) is 40.9 Å². The summed E-state index contributed by atoms with van der Waals surface area (Å²) in [6, 6.07) is 3.51. The Bertz CT molecular complexity index is 947. The molecule has 0 bridgehead atoms. The van der Waals surface area contributed by atoms with Crippen LogP contribution in [0.5, 0.6) is 0 Å². The lowest BCUT2D eigenvalue weighted by molar-refractivity contribution is -0.141. The smallest absolute Gasteiger partial charge is 0.381 e. The summed E-state index contributed by atoms with van der Waals surface area (Å²) in [5.41, 5.74) is 0.881. The van der Waals surface area contributed by atoms with Gasteiger partial charge >= 0.3 is 6.18 Å². The summed E-state index contributed by atoms with van der Waals surface area (Å²) in [5, 5.41) is 0. The molecule has 2 aromatic rings. The molecule has 0 spiro atoms. The standard InChI is InChI=1S/C23H27F5N2O/c1-15-12-18(3-2-16-6-10-31-11-7-16)14-20-29-21(23(26,27)28)19(30(15)20)13-17-4-8-22(24,25)9-5-17/h2-3,12,14,16-17H,4-11,13H2,1H3. The summed E-state index contributed by atoms with van der Waals surface area (Å²) in [7, 11) is 0. The predicted octanol–water partition coefficient (Wildman–Crippen LogP) is 6.47. The normalized spacial score (nSPS) is 21.4. The second-order valence-electron chi connectivity index (χ2n) is 8.84. The van der Waals surface area contributed by atoms with Crippen LogP contribution in [0.25, 0.3) is 11.7 Å². The van der Waals surface area contributed by atoms with Crippen molar-refractivity contribution >= 4 is 11.7 Å². The van der Waals surface area contributed by atoms with Crippen molar-refractivity contribution in [2.75, 3.05) is 13.2 Å². The van der Waals surface area contributed by atoms with Crippen LogP contribution in [0.15, 0.2) is 18.2 Å². The highest BCUT2D eigenvalue weighted by atomic mass is 19.4. The molecule has 3 nitrogen and oxygen atoms in total. The van der Waals surface area contributed by atoms with Crippen LogP contribution in [0.3, 0.4) is 0 Å². The van der Waals surface area contributed by atoms with Crippen molar-refractivity contribution < 1.29 is 26.7 Å². The number of allylic oxidation sites excluding steroid dienone is 1. The molecule has 170 valence electrons. The quantitative estimate of drug-likeness (QED) is 0.508. The molecule has 3 heterocycles. The number of pyridine rings is 1. The molecule has 4 rings (SSSR count). The largest absolute Gasteiger partial charge is 0.435 e. The van der Waals surface area contributed by atoms with E-state index in [1.807, 2.05) is 12.1 Å². The lowest BCUT2D eigenvalue weighted by atomic mass is 9.83. The van der Waals surface area contributed by atoms with Gasteiger partial charge in [0.05, 0.1) is 5.69 Å². The van der Waals surface area contributed by atoms with Crippen molar-refractivity contribution in [1.29, 1.82) is 0 Å². The molecule has 0 aromatic carbocycles. The third-order valence-corrected chi connectivity index (χ3v) is 6.44. The van der Waals surface area contributed by atoms with Crippen LogP contribution in [0.4, 0.5) is 22.0 Å². The summed E-state index contributed by atoms with van der Waals surface area (Å²) in [6.45, 7) is 3.20. The number of hydrogen-bond donors (Lipinski definition) is 0. The average Bonchev–Trinajstić information content (AvgIpc) is 3.08. The summed E-state index contributed by atoms with van der Waals surface area (Å²) in [6.07, 6.45) is 1.32. The summed E-state index contributed by atoms with van der Waals surface area (Å²) >= 11 is 0. The van der Waals surface area contributed by atoms with Crippen molar-refractivity contribution in [3.8, 4) is 0 Å². The lowest BCUT2D eigenvalue weighted by Crippen LogP contribution is -2.26. The van der Waals surface area contributed by atoms with Gasteiger partial charge in [0, 0.05) is 31.7 Å². The summed E-state index contributed by atoms with van der Waals surface area (Å²) < 4.78 is 75.2. The first-order valence-electron chi connectivity index (χ1n) is 10.9. The fraction of sp³-hybridized carbons (Fsp3) is 0.609. The molecule has 2 aliphatic rings. The molecular formula is C23H27F5N2O. The van der Waals surface area contributed by atoms with E-state index in [1.165, 1.54) is 0 Å². The zero-order chi connectivity index (χ0) is 22.2. The molecule has 1 aliphatic heterocycles. The number of hydrogen-bond acceptors (Lipinski definition) is 2. The van der Waals surface area contributed by atoms with Gasteiger partial charge in [0.2, 0.25) is 5.92 Å². The second-order valence-corrected chi connectivity index (χ2v) is 8.84. The molecule has 0 N–H and O–H groups in total. The van der Waals surface area contributed by atoms with Gasteiger partial charge in [-0.3, -0.25) is 0 Å². The number of ether oxygens (including phenoxy) is 1. The molecule has 0 radical (unpaired) electrons. The number of fused-ring (bicyclic) bond motifs is 1. The maximum atomic E-state index is 13.8. The number of aryl methyl sites for hydroxylation is 1. The topological polar surface area (TPSA) is 26.5 Å². The van der Waals surface area contributed by atoms with Gasteiger partial charge < -0.3 is 9.14 Å². The van der Waals surface area contributed by atoms with Crippen LogP contribution in [0.2, 0.25) is 0 Å². The number of alkyl halides is 5. The first-order chi connectivity index (χ1) is 14.6. The molecule has 8 heteroatoms. The second kappa shape index (κ2) is 8.52. The molecule has 1 saturated heterocycles. The van der Waals surface area contributed by atoms with Crippen molar-refractivity contribution in [2.24, 2.45) is 11.8 Å². The van der Waals surface area contributed by atoms with Crippen LogP contribution in [-0.4, -0.2) is 28.5 Å². The Morgan fingerprint density at radius 1 is 1.13 bits per heavy atom. The van der Waals surface area contributed by atoms with Gasteiger partial charge in [-0.15, -0.1) is 0 Å². The molecule has 0 atom stereocenters. The fourth-order valence-corrected chi connectivity index (χ4v) is 4.70. The molecule has 1 saturated carbocycles. The minimum atomic E-state index is -4.59. The molecule has 31 heavy (non-hydrogen) atoms. The third kappa shape index (κ3) is 5.10. The van der Waals surface area contributed by atoms with E-state index in [0.717, 1.165) is 31.6 Å². The zero-order valence-corrected chi connectivity index (χ0v) is 17.5. The molecule has 0 unspecified atom stereocenters. The van der Waals surface area contributed by atoms with Gasteiger partial charge in [0.15, 0.2) is 5.69 Å². The Morgan fingerprint density at radius 3 is 2.45 bits per heavy atom. The van der Waals surface area contributed by atoms with Crippen LogP contribution in [0.1, 0.15) is 61.2 Å². The number of nitrogens with zero attached hydrogens (tertiary/aromatic N) is 2. The Labute approximate surface area is 178 Å². The summed E-state index contributed by atoms with van der Waals surface area (Å²) in [5.74, 6) is -2.51. The van der Waals surface area contributed by atoms with E-state index in [-0.39, 0.29) is 49.4 Å². The minimum Gasteiger partial charge on any atom is -0.381 e. The van der Waals surface area contributed by atoms with Gasteiger partial charge in [-0.25, -0.2) is 13.8 Å². The number of aromatic nitrogens is 2. The monoisotopic (exact) mass is 442 g/mol. The average molecular weight is 442 g/mol. The summed E-state index contributed by atoms with van der Waals surface area (Å²) in [4.78, 5) is 3.93.